The summed E-state index contributed by atoms with van der Waals surface area (Å²) in [6, 6.07) is 14.6. The normalized spacial score (nSPS) is 21.4. The third-order valence-corrected chi connectivity index (χ3v) is 8.25. The van der Waals surface area contributed by atoms with Crippen molar-refractivity contribution in [3.05, 3.63) is 71.9 Å². The Morgan fingerprint density at radius 1 is 1.12 bits per heavy atom. The van der Waals surface area contributed by atoms with Gasteiger partial charge in [0.15, 0.2) is 12.7 Å². The van der Waals surface area contributed by atoms with Gasteiger partial charge in [0.1, 0.15) is 5.75 Å². The van der Waals surface area contributed by atoms with Gasteiger partial charge in [-0.25, -0.2) is 4.99 Å². The molecule has 40 heavy (non-hydrogen) atoms. The standard InChI is InChI=1S/C30H31F3N5O2/c1-3-36-19-37-13-12-20(2)35-27(37)26(36)28(39)34-16-21-4-8-24(9-5-21)38-17-29(18-38)14-23(15-29)22-6-10-25(11-7-22)40-30(31,32)33/h4-13,19,23,27H,3,14-18H2,1-2H3/q+1/p+1. The molecule has 6 rings (SSSR count). The Morgan fingerprint density at radius 2 is 1.82 bits per heavy atom. The van der Waals surface area contributed by atoms with Gasteiger partial charge in [-0.2, -0.15) is 0 Å². The minimum Gasteiger partial charge on any atom is -0.406 e. The fraction of sp³-hybridized carbons (Fsp3) is 0.400. The number of aliphatic imine (C=N–C) groups is 1. The molecule has 1 aliphatic carbocycles. The molecule has 2 aromatic carbocycles. The van der Waals surface area contributed by atoms with Crippen molar-refractivity contribution in [2.45, 2.75) is 51.7 Å². The lowest BCUT2D eigenvalue weighted by Gasteiger charge is -2.60. The van der Waals surface area contributed by atoms with Crippen LogP contribution < -0.4 is 15.0 Å². The second-order valence-electron chi connectivity index (χ2n) is 11.1. The number of allylic oxidation sites excluding steroid dienone is 1. The molecular weight excluding hydrogens is 519 g/mol. The Bertz CT molecular complexity index is 1430. The van der Waals surface area contributed by atoms with Crippen molar-refractivity contribution >= 4 is 29.4 Å². The number of nitrogens with zero attached hydrogens (tertiary/aromatic N) is 4. The minimum atomic E-state index is -4.67. The molecule has 1 saturated carbocycles. The number of nitrogens with one attached hydrogen (secondary N) is 1. The summed E-state index contributed by atoms with van der Waals surface area (Å²) >= 11 is 0. The second-order valence-corrected chi connectivity index (χ2v) is 11.1. The maximum Gasteiger partial charge on any atom is 0.573 e. The van der Waals surface area contributed by atoms with Crippen LogP contribution in [-0.4, -0.2) is 65.0 Å². The number of fused-ring (bicyclic) bond motifs is 1. The summed E-state index contributed by atoms with van der Waals surface area (Å²) in [4.78, 5) is 20.1. The van der Waals surface area contributed by atoms with Crippen molar-refractivity contribution in [1.82, 2.24) is 5.32 Å². The molecule has 7 nitrogen and oxygen atoms in total. The van der Waals surface area contributed by atoms with Gasteiger partial charge in [0.2, 0.25) is 0 Å². The lowest BCUT2D eigenvalue weighted by Crippen LogP contribution is -2.61. The van der Waals surface area contributed by atoms with E-state index in [0.717, 1.165) is 48.5 Å². The topological polar surface area (TPSA) is 59.9 Å². The van der Waals surface area contributed by atoms with Gasteiger partial charge in [0.25, 0.3) is 0 Å². The number of hydrogen-bond acceptors (Lipinski definition) is 4. The van der Waals surface area contributed by atoms with Gasteiger partial charge in [-0.15, -0.1) is 22.3 Å². The zero-order valence-electron chi connectivity index (χ0n) is 22.5. The van der Waals surface area contributed by atoms with Crippen LogP contribution in [0.3, 0.4) is 0 Å². The SMILES string of the molecule is CC[N+]1=C(C(=O)NCc2ccc(N3CC4(CC(c5ccc(OC(F)(F)F)cc5)C4)C3)cc2)C2N=C(C)C=C[N+]2=C1. The zero-order chi connectivity index (χ0) is 28.1. The molecule has 1 amide bonds. The van der Waals surface area contributed by atoms with Crippen LogP contribution >= 0.6 is 0 Å². The maximum absolute atomic E-state index is 13.1. The van der Waals surface area contributed by atoms with Gasteiger partial charge in [0.05, 0.1) is 0 Å². The van der Waals surface area contributed by atoms with E-state index in [2.05, 4.69) is 44.2 Å². The average molecular weight is 552 g/mol. The van der Waals surface area contributed by atoms with E-state index in [-0.39, 0.29) is 23.2 Å². The minimum absolute atomic E-state index is 0.117. The lowest BCUT2D eigenvalue weighted by molar-refractivity contribution is -0.504. The molecule has 1 unspecified atom stereocenters. The van der Waals surface area contributed by atoms with E-state index in [9.17, 15) is 18.0 Å². The highest BCUT2D eigenvalue weighted by Crippen LogP contribution is 2.56. The van der Waals surface area contributed by atoms with Crippen LogP contribution in [0.25, 0.3) is 0 Å². The summed E-state index contributed by atoms with van der Waals surface area (Å²) in [5, 5.41) is 3.06. The Hall–Kier alpha value is -3.95. The highest BCUT2D eigenvalue weighted by Gasteiger charge is 2.52. The Balaban J connectivity index is 0.986. The van der Waals surface area contributed by atoms with E-state index in [4.69, 9.17) is 0 Å². The van der Waals surface area contributed by atoms with Crippen molar-refractivity contribution in [1.29, 1.82) is 0 Å². The van der Waals surface area contributed by atoms with Crippen molar-refractivity contribution in [2.24, 2.45) is 10.4 Å². The fourth-order valence-corrected chi connectivity index (χ4v) is 6.22. The van der Waals surface area contributed by atoms with Crippen molar-refractivity contribution < 1.29 is 31.9 Å². The first-order chi connectivity index (χ1) is 19.1. The van der Waals surface area contributed by atoms with Gasteiger partial charge in [-0.1, -0.05) is 24.3 Å². The molecule has 2 aromatic rings. The third-order valence-electron chi connectivity index (χ3n) is 8.25. The lowest BCUT2D eigenvalue weighted by atomic mass is 9.56. The van der Waals surface area contributed by atoms with Crippen LogP contribution in [0.1, 0.15) is 43.7 Å². The summed E-state index contributed by atoms with van der Waals surface area (Å²) < 4.78 is 45.0. The van der Waals surface area contributed by atoms with Crippen LogP contribution in [-0.2, 0) is 11.3 Å². The monoisotopic (exact) mass is 551 g/mol. The van der Waals surface area contributed by atoms with Crippen LogP contribution in [0.15, 0.2) is 65.8 Å². The van der Waals surface area contributed by atoms with E-state index >= 15 is 0 Å². The van der Waals surface area contributed by atoms with Gasteiger partial charge < -0.3 is 15.0 Å². The number of ether oxygens (including phenoxy) is 1. The molecule has 208 valence electrons. The molecule has 1 saturated heterocycles. The van der Waals surface area contributed by atoms with Gasteiger partial charge in [0, 0.05) is 42.5 Å². The number of rotatable bonds is 7. The third kappa shape index (κ3) is 5.14. The molecule has 0 aromatic heterocycles. The van der Waals surface area contributed by atoms with Crippen molar-refractivity contribution in [3.8, 4) is 5.75 Å². The van der Waals surface area contributed by atoms with Crippen LogP contribution in [0.2, 0.25) is 0 Å². The Kier molecular flexibility index (Phi) is 6.51. The van der Waals surface area contributed by atoms with Crippen LogP contribution in [0.4, 0.5) is 18.9 Å². The van der Waals surface area contributed by atoms with E-state index in [1.165, 1.54) is 12.1 Å². The van der Waals surface area contributed by atoms with Crippen molar-refractivity contribution in [2.75, 3.05) is 24.5 Å². The molecule has 4 aliphatic rings. The molecule has 3 heterocycles. The number of halogens is 3. The van der Waals surface area contributed by atoms with E-state index in [0.29, 0.717) is 24.7 Å². The largest absolute Gasteiger partial charge is 0.573 e. The summed E-state index contributed by atoms with van der Waals surface area (Å²) in [7, 11) is 0. The maximum atomic E-state index is 13.1. The molecule has 0 radical (unpaired) electrons. The van der Waals surface area contributed by atoms with Crippen molar-refractivity contribution in [3.63, 3.8) is 0 Å². The molecule has 10 heteroatoms. The highest BCUT2D eigenvalue weighted by atomic mass is 19.4. The van der Waals surface area contributed by atoms with Gasteiger partial charge in [-0.3, -0.25) is 4.79 Å². The van der Waals surface area contributed by atoms with E-state index in [1.807, 2.05) is 41.6 Å². The summed E-state index contributed by atoms with van der Waals surface area (Å²) in [5.74, 6) is 0.0750. The molecule has 1 spiro atoms. The number of alkyl halides is 3. The zero-order valence-corrected chi connectivity index (χ0v) is 22.5. The molecule has 1 N–H and O–H groups in total. The number of amides is 1. The van der Waals surface area contributed by atoms with Gasteiger partial charge >= 0.3 is 30.5 Å². The number of carbonyl (C=O) groups excluding carboxylic acids is 1. The molecular formula is C30H32F3N5O2+2. The second kappa shape index (κ2) is 9.91. The summed E-state index contributed by atoms with van der Waals surface area (Å²) in [6.45, 7) is 7.02. The fourth-order valence-electron chi connectivity index (χ4n) is 6.22. The molecule has 0 bridgehead atoms. The Morgan fingerprint density at radius 3 is 2.48 bits per heavy atom. The molecule has 1 atom stereocenters. The number of anilines is 1. The van der Waals surface area contributed by atoms with E-state index in [1.54, 1.807) is 12.1 Å². The summed E-state index contributed by atoms with van der Waals surface area (Å²) in [5.41, 5.74) is 5.06. The molecule has 2 fully saturated rings. The first kappa shape index (κ1) is 26.3. The van der Waals surface area contributed by atoms with Crippen LogP contribution in [0, 0.1) is 5.41 Å². The van der Waals surface area contributed by atoms with Gasteiger partial charge in [-0.05, 0) is 68.0 Å². The average Bonchev–Trinajstić information content (AvgIpc) is 3.24. The smallest absolute Gasteiger partial charge is 0.406 e. The van der Waals surface area contributed by atoms with E-state index < -0.39 is 6.36 Å². The number of hydrogen-bond donors (Lipinski definition) is 1. The predicted molar refractivity (Wildman–Crippen MR) is 146 cm³/mol. The summed E-state index contributed by atoms with van der Waals surface area (Å²) in [6.07, 6.45) is 2.90. The first-order valence-corrected chi connectivity index (χ1v) is 13.6. The number of benzene rings is 2. The predicted octanol–water partition coefficient (Wildman–Crippen LogP) is 4.43. The quantitative estimate of drug-likeness (QED) is 0.519. The highest BCUT2D eigenvalue weighted by molar-refractivity contribution is 6.39. The first-order valence-electron chi connectivity index (χ1n) is 13.6. The van der Waals surface area contributed by atoms with Crippen LogP contribution in [0.5, 0.6) is 5.75 Å². The molecule has 3 aliphatic heterocycles. The Labute approximate surface area is 231 Å². The number of carbonyl (C=O) groups is 1.